The molecule has 0 radical (unpaired) electrons. The van der Waals surface area contributed by atoms with Crippen LogP contribution >= 0.6 is 15.9 Å². The maximum Gasteiger partial charge on any atom is 0.147 e. The van der Waals surface area contributed by atoms with Crippen LogP contribution in [0.15, 0.2) is 22.7 Å². The minimum Gasteiger partial charge on any atom is -0.495 e. The molecule has 0 unspecified atom stereocenters. The topological polar surface area (TPSA) is 55.4 Å². The Morgan fingerprint density at radius 3 is 2.71 bits per heavy atom. The van der Waals surface area contributed by atoms with E-state index in [0.29, 0.717) is 13.0 Å². The Bertz CT molecular complexity index is 474. The summed E-state index contributed by atoms with van der Waals surface area (Å²) in [5, 5.41) is 3.15. The second kappa shape index (κ2) is 6.26. The third kappa shape index (κ3) is 5.41. The number of halogens is 1. The molecule has 0 bridgehead atoms. The Morgan fingerprint density at radius 2 is 2.12 bits per heavy atom. The van der Waals surface area contributed by atoms with E-state index in [4.69, 9.17) is 4.74 Å². The highest BCUT2D eigenvalue weighted by atomic mass is 79.9. The summed E-state index contributed by atoms with van der Waals surface area (Å²) >= 11 is 3.37. The first-order valence-electron chi connectivity index (χ1n) is 5.17. The van der Waals surface area contributed by atoms with Gasteiger partial charge in [-0.1, -0.05) is 0 Å². The van der Waals surface area contributed by atoms with Crippen molar-refractivity contribution in [3.8, 4) is 5.75 Å². The Morgan fingerprint density at radius 1 is 1.41 bits per heavy atom. The number of ether oxygens (including phenoxy) is 1. The fraction of sp³-hybridized carbons (Fsp3) is 0.455. The molecule has 1 rings (SSSR count). The highest BCUT2D eigenvalue weighted by Gasteiger charge is 2.03. The van der Waals surface area contributed by atoms with Crippen molar-refractivity contribution in [3.63, 3.8) is 0 Å². The second-order valence-electron chi connectivity index (χ2n) is 3.76. The zero-order chi connectivity index (χ0) is 12.9. The molecule has 0 amide bonds. The maximum atomic E-state index is 10.9. The number of hydrogen-bond donors (Lipinski definition) is 1. The maximum absolute atomic E-state index is 10.9. The minimum absolute atomic E-state index is 0.202. The average Bonchev–Trinajstić information content (AvgIpc) is 2.25. The smallest absolute Gasteiger partial charge is 0.147 e. The minimum atomic E-state index is -2.87. The van der Waals surface area contributed by atoms with Crippen LogP contribution in [0, 0.1) is 0 Å². The lowest BCUT2D eigenvalue weighted by Crippen LogP contribution is -2.09. The highest BCUT2D eigenvalue weighted by Crippen LogP contribution is 2.27. The van der Waals surface area contributed by atoms with Crippen molar-refractivity contribution in [1.29, 1.82) is 0 Å². The van der Waals surface area contributed by atoms with Crippen molar-refractivity contribution in [3.05, 3.63) is 22.7 Å². The Kier molecular flexibility index (Phi) is 5.27. The van der Waals surface area contributed by atoms with E-state index in [9.17, 15) is 8.42 Å². The lowest BCUT2D eigenvalue weighted by atomic mass is 10.3. The normalized spacial score (nSPS) is 11.2. The van der Waals surface area contributed by atoms with Gasteiger partial charge in [0.05, 0.1) is 17.3 Å². The van der Waals surface area contributed by atoms with Crippen LogP contribution in [0.4, 0.5) is 5.69 Å². The zero-order valence-corrected chi connectivity index (χ0v) is 12.3. The number of sulfone groups is 1. The van der Waals surface area contributed by atoms with Crippen molar-refractivity contribution in [2.45, 2.75) is 6.42 Å². The van der Waals surface area contributed by atoms with Crippen LogP contribution in [0.2, 0.25) is 0 Å². The Balaban J connectivity index is 2.47. The van der Waals surface area contributed by atoms with Crippen LogP contribution < -0.4 is 10.1 Å². The predicted octanol–water partition coefficient (Wildman–Crippen LogP) is 2.30. The molecule has 0 saturated carbocycles. The number of nitrogens with one attached hydrogen (secondary N) is 1. The van der Waals surface area contributed by atoms with E-state index in [0.717, 1.165) is 15.9 Å². The molecule has 6 heteroatoms. The van der Waals surface area contributed by atoms with E-state index in [2.05, 4.69) is 21.2 Å². The van der Waals surface area contributed by atoms with Gasteiger partial charge in [0.25, 0.3) is 0 Å². The molecule has 0 saturated heterocycles. The Hall–Kier alpha value is -0.750. The van der Waals surface area contributed by atoms with Gasteiger partial charge in [-0.2, -0.15) is 0 Å². The van der Waals surface area contributed by atoms with E-state index in [1.165, 1.54) is 6.26 Å². The molecule has 0 spiro atoms. The molecule has 1 aromatic carbocycles. The SMILES string of the molecule is COc1cc(NCCCS(C)(=O)=O)ccc1Br. The number of methoxy groups -OCH3 is 1. The molecule has 96 valence electrons. The number of hydrogen-bond acceptors (Lipinski definition) is 4. The van der Waals surface area contributed by atoms with Crippen molar-refractivity contribution < 1.29 is 13.2 Å². The lowest BCUT2D eigenvalue weighted by Gasteiger charge is -2.09. The van der Waals surface area contributed by atoms with Gasteiger partial charge in [-0.15, -0.1) is 0 Å². The van der Waals surface area contributed by atoms with Gasteiger partial charge in [-0.25, -0.2) is 8.42 Å². The first kappa shape index (κ1) is 14.3. The molecular weight excluding hydrogens is 306 g/mol. The zero-order valence-electron chi connectivity index (χ0n) is 9.86. The Labute approximate surface area is 110 Å². The molecule has 1 N–H and O–H groups in total. The van der Waals surface area contributed by atoms with Gasteiger partial charge in [-0.05, 0) is 34.5 Å². The molecule has 4 nitrogen and oxygen atoms in total. The standard InChI is InChI=1S/C11H16BrNO3S/c1-16-11-8-9(4-5-10(11)12)13-6-3-7-17(2,14)15/h4-5,8,13H,3,6-7H2,1-2H3. The summed E-state index contributed by atoms with van der Waals surface area (Å²) in [4.78, 5) is 0. The van der Waals surface area contributed by atoms with Crippen molar-refractivity contribution in [1.82, 2.24) is 0 Å². The summed E-state index contributed by atoms with van der Waals surface area (Å²) in [6, 6.07) is 5.66. The van der Waals surface area contributed by atoms with Crippen molar-refractivity contribution >= 4 is 31.5 Å². The van der Waals surface area contributed by atoms with Crippen molar-refractivity contribution in [2.24, 2.45) is 0 Å². The summed E-state index contributed by atoms with van der Waals surface area (Å²) in [5.41, 5.74) is 0.915. The largest absolute Gasteiger partial charge is 0.495 e. The van der Waals surface area contributed by atoms with E-state index < -0.39 is 9.84 Å². The average molecular weight is 322 g/mol. The molecule has 0 fully saturated rings. The number of rotatable bonds is 6. The number of benzene rings is 1. The van der Waals surface area contributed by atoms with E-state index in [1.54, 1.807) is 7.11 Å². The summed E-state index contributed by atoms with van der Waals surface area (Å²) < 4.78 is 27.9. The van der Waals surface area contributed by atoms with Crippen LogP contribution in [0.1, 0.15) is 6.42 Å². The third-order valence-electron chi connectivity index (χ3n) is 2.17. The summed E-state index contributed by atoms with van der Waals surface area (Å²) in [7, 11) is -1.27. The van der Waals surface area contributed by atoms with Crippen LogP contribution in [-0.2, 0) is 9.84 Å². The predicted molar refractivity (Wildman–Crippen MR) is 73.5 cm³/mol. The molecule has 0 aliphatic heterocycles. The molecule has 17 heavy (non-hydrogen) atoms. The van der Waals surface area contributed by atoms with Gasteiger partial charge in [0.15, 0.2) is 0 Å². The van der Waals surface area contributed by atoms with Crippen LogP contribution in [0.25, 0.3) is 0 Å². The van der Waals surface area contributed by atoms with Gasteiger partial charge in [-0.3, -0.25) is 0 Å². The third-order valence-corrected chi connectivity index (χ3v) is 3.86. The van der Waals surface area contributed by atoms with Gasteiger partial charge < -0.3 is 10.1 Å². The van der Waals surface area contributed by atoms with E-state index in [-0.39, 0.29) is 5.75 Å². The van der Waals surface area contributed by atoms with E-state index >= 15 is 0 Å². The molecule has 0 aliphatic carbocycles. The highest BCUT2D eigenvalue weighted by molar-refractivity contribution is 9.10. The van der Waals surface area contributed by atoms with Gasteiger partial charge in [0.1, 0.15) is 15.6 Å². The number of anilines is 1. The molecule has 1 aromatic rings. The summed E-state index contributed by atoms with van der Waals surface area (Å²) in [5.74, 6) is 0.950. The monoisotopic (exact) mass is 321 g/mol. The van der Waals surface area contributed by atoms with Crippen LogP contribution in [0.5, 0.6) is 5.75 Å². The van der Waals surface area contributed by atoms with Gasteiger partial charge in [0, 0.05) is 24.6 Å². The first-order valence-corrected chi connectivity index (χ1v) is 8.03. The van der Waals surface area contributed by atoms with Gasteiger partial charge in [0.2, 0.25) is 0 Å². The van der Waals surface area contributed by atoms with Crippen molar-refractivity contribution in [2.75, 3.05) is 31.0 Å². The lowest BCUT2D eigenvalue weighted by molar-refractivity contribution is 0.412. The quantitative estimate of drug-likeness (QED) is 0.817. The van der Waals surface area contributed by atoms with Crippen LogP contribution in [0.3, 0.4) is 0 Å². The fourth-order valence-corrected chi connectivity index (χ4v) is 2.41. The fourth-order valence-electron chi connectivity index (χ4n) is 1.34. The summed E-state index contributed by atoms with van der Waals surface area (Å²) in [6.07, 6.45) is 1.84. The van der Waals surface area contributed by atoms with Crippen LogP contribution in [-0.4, -0.2) is 34.1 Å². The molecule has 0 aliphatic rings. The first-order chi connectivity index (χ1) is 7.92. The molecule has 0 heterocycles. The second-order valence-corrected chi connectivity index (χ2v) is 6.87. The molecule has 0 aromatic heterocycles. The summed E-state index contributed by atoms with van der Waals surface area (Å²) in [6.45, 7) is 0.623. The van der Waals surface area contributed by atoms with E-state index in [1.807, 2.05) is 18.2 Å². The molecule has 0 atom stereocenters. The molecular formula is C11H16BrNO3S. The van der Waals surface area contributed by atoms with Gasteiger partial charge >= 0.3 is 0 Å².